The second-order valence-electron chi connectivity index (χ2n) is 7.50. The Morgan fingerprint density at radius 2 is 1.08 bits per heavy atom. The van der Waals surface area contributed by atoms with Crippen molar-refractivity contribution in [2.24, 2.45) is 11.8 Å². The van der Waals surface area contributed by atoms with Gasteiger partial charge in [0.05, 0.1) is 13.2 Å². The summed E-state index contributed by atoms with van der Waals surface area (Å²) < 4.78 is 10.8. The molecule has 0 saturated heterocycles. The first-order chi connectivity index (χ1) is 11.8. The maximum atomic E-state index is 12.6. The largest absolute Gasteiger partial charge is 0.462 e. The number of ether oxygens (including phenoxy) is 2. The zero-order valence-electron chi connectivity index (χ0n) is 17.2. The summed E-state index contributed by atoms with van der Waals surface area (Å²) in [6, 6.07) is 0. The SMILES string of the molecule is CCCCC/C(C(=O)OCC(C)C)=C(\CCCC)C(=O)OCC(C)C. The summed E-state index contributed by atoms with van der Waals surface area (Å²) in [5.74, 6) is -0.159. The fourth-order valence-corrected chi connectivity index (χ4v) is 2.32. The summed E-state index contributed by atoms with van der Waals surface area (Å²) in [6.45, 7) is 12.9. The van der Waals surface area contributed by atoms with Crippen LogP contribution in [-0.4, -0.2) is 25.2 Å². The Morgan fingerprint density at radius 3 is 1.44 bits per heavy atom. The van der Waals surface area contributed by atoms with E-state index >= 15 is 0 Å². The molecule has 0 radical (unpaired) electrons. The molecule has 0 aromatic carbocycles. The van der Waals surface area contributed by atoms with Crippen molar-refractivity contribution in [1.82, 2.24) is 0 Å². The van der Waals surface area contributed by atoms with E-state index in [-0.39, 0.29) is 23.8 Å². The van der Waals surface area contributed by atoms with E-state index in [0.29, 0.717) is 37.2 Å². The van der Waals surface area contributed by atoms with Crippen molar-refractivity contribution in [1.29, 1.82) is 0 Å². The summed E-state index contributed by atoms with van der Waals surface area (Å²) in [4.78, 5) is 25.2. The average Bonchev–Trinajstić information content (AvgIpc) is 2.56. The highest BCUT2D eigenvalue weighted by atomic mass is 16.5. The third-order valence-corrected chi connectivity index (χ3v) is 3.76. The van der Waals surface area contributed by atoms with E-state index in [9.17, 15) is 9.59 Å². The van der Waals surface area contributed by atoms with Gasteiger partial charge in [-0.2, -0.15) is 0 Å². The molecule has 0 saturated carbocycles. The lowest BCUT2D eigenvalue weighted by atomic mass is 9.97. The van der Waals surface area contributed by atoms with Gasteiger partial charge in [-0.3, -0.25) is 0 Å². The summed E-state index contributed by atoms with van der Waals surface area (Å²) in [7, 11) is 0. The molecule has 0 fully saturated rings. The molecule has 0 N–H and O–H groups in total. The van der Waals surface area contributed by atoms with Crippen molar-refractivity contribution in [2.75, 3.05) is 13.2 Å². The molecular formula is C21H38O4. The minimum absolute atomic E-state index is 0.271. The summed E-state index contributed by atoms with van der Waals surface area (Å²) in [6.07, 6.45) is 5.96. The van der Waals surface area contributed by atoms with Crippen molar-refractivity contribution in [3.05, 3.63) is 11.1 Å². The van der Waals surface area contributed by atoms with Gasteiger partial charge >= 0.3 is 11.9 Å². The highest BCUT2D eigenvalue weighted by molar-refractivity contribution is 6.00. The molecule has 0 amide bonds. The number of carbonyl (C=O) groups is 2. The fraction of sp³-hybridized carbons (Fsp3) is 0.810. The number of rotatable bonds is 13. The van der Waals surface area contributed by atoms with E-state index < -0.39 is 0 Å². The molecule has 0 aliphatic heterocycles. The number of carbonyl (C=O) groups excluding carboxylic acids is 2. The second kappa shape index (κ2) is 13.9. The first-order valence-electron chi connectivity index (χ1n) is 9.89. The predicted molar refractivity (Wildman–Crippen MR) is 102 cm³/mol. The molecule has 0 rings (SSSR count). The van der Waals surface area contributed by atoms with Crippen LogP contribution in [0.4, 0.5) is 0 Å². The Balaban J connectivity index is 5.43. The average molecular weight is 355 g/mol. The van der Waals surface area contributed by atoms with Crippen LogP contribution in [0.25, 0.3) is 0 Å². The smallest absolute Gasteiger partial charge is 0.334 e. The standard InChI is InChI=1S/C21H38O4/c1-7-9-11-13-19(21(23)25-15-17(5)6)18(12-10-8-2)20(22)24-14-16(3)4/h16-17H,7-15H2,1-6H3/b19-18-. The van der Waals surface area contributed by atoms with Crippen LogP contribution in [0.3, 0.4) is 0 Å². The number of hydrogen-bond donors (Lipinski definition) is 0. The van der Waals surface area contributed by atoms with Gasteiger partial charge in [-0.25, -0.2) is 9.59 Å². The number of unbranched alkanes of at least 4 members (excludes halogenated alkanes) is 3. The molecule has 0 spiro atoms. The zero-order valence-corrected chi connectivity index (χ0v) is 17.2. The Hall–Kier alpha value is -1.32. The monoisotopic (exact) mass is 354 g/mol. The lowest BCUT2D eigenvalue weighted by molar-refractivity contribution is -0.143. The lowest BCUT2D eigenvalue weighted by Crippen LogP contribution is -2.20. The summed E-state index contributed by atoms with van der Waals surface area (Å²) in [5.41, 5.74) is 1.05. The van der Waals surface area contributed by atoms with Gasteiger partial charge in [-0.05, 0) is 37.5 Å². The highest BCUT2D eigenvalue weighted by Gasteiger charge is 2.23. The van der Waals surface area contributed by atoms with Crippen LogP contribution in [-0.2, 0) is 19.1 Å². The Morgan fingerprint density at radius 1 is 0.680 bits per heavy atom. The number of hydrogen-bond acceptors (Lipinski definition) is 4. The summed E-state index contributed by atoms with van der Waals surface area (Å²) >= 11 is 0. The topological polar surface area (TPSA) is 52.6 Å². The Bertz CT molecular complexity index is 422. The summed E-state index contributed by atoms with van der Waals surface area (Å²) in [5, 5.41) is 0. The van der Waals surface area contributed by atoms with Crippen LogP contribution in [0.5, 0.6) is 0 Å². The van der Waals surface area contributed by atoms with Crippen LogP contribution < -0.4 is 0 Å². The maximum Gasteiger partial charge on any atom is 0.334 e. The van der Waals surface area contributed by atoms with Gasteiger partial charge < -0.3 is 9.47 Å². The molecular weight excluding hydrogens is 316 g/mol. The third-order valence-electron chi connectivity index (χ3n) is 3.76. The van der Waals surface area contributed by atoms with E-state index in [1.165, 1.54) is 0 Å². The Labute approximate surface area is 154 Å². The van der Waals surface area contributed by atoms with Crippen molar-refractivity contribution in [2.45, 2.75) is 86.5 Å². The molecule has 0 aromatic heterocycles. The Kier molecular flexibility index (Phi) is 13.2. The molecule has 0 aliphatic carbocycles. The second-order valence-corrected chi connectivity index (χ2v) is 7.50. The maximum absolute atomic E-state index is 12.6. The minimum atomic E-state index is -0.352. The van der Waals surface area contributed by atoms with Crippen LogP contribution in [0, 0.1) is 11.8 Å². The van der Waals surface area contributed by atoms with Gasteiger partial charge in [0.15, 0.2) is 0 Å². The molecule has 4 heteroatoms. The van der Waals surface area contributed by atoms with Crippen LogP contribution in [0.15, 0.2) is 11.1 Å². The van der Waals surface area contributed by atoms with E-state index in [0.717, 1.165) is 32.1 Å². The van der Waals surface area contributed by atoms with Gasteiger partial charge in [0.25, 0.3) is 0 Å². The zero-order chi connectivity index (χ0) is 19.2. The molecule has 0 unspecified atom stereocenters. The van der Waals surface area contributed by atoms with E-state index in [2.05, 4.69) is 13.8 Å². The van der Waals surface area contributed by atoms with Gasteiger partial charge in [0, 0.05) is 11.1 Å². The van der Waals surface area contributed by atoms with E-state index in [4.69, 9.17) is 9.47 Å². The van der Waals surface area contributed by atoms with Crippen LogP contribution in [0.1, 0.15) is 86.5 Å². The molecule has 0 heterocycles. The number of esters is 2. The molecule has 25 heavy (non-hydrogen) atoms. The first-order valence-corrected chi connectivity index (χ1v) is 9.89. The van der Waals surface area contributed by atoms with Crippen molar-refractivity contribution in [3.63, 3.8) is 0 Å². The first kappa shape index (κ1) is 23.7. The van der Waals surface area contributed by atoms with Crippen LogP contribution in [0.2, 0.25) is 0 Å². The quantitative estimate of drug-likeness (QED) is 0.251. The molecule has 0 atom stereocenters. The van der Waals surface area contributed by atoms with Crippen molar-refractivity contribution >= 4 is 11.9 Å². The lowest BCUT2D eigenvalue weighted by Gasteiger charge is -2.16. The molecule has 0 aliphatic rings. The van der Waals surface area contributed by atoms with Crippen molar-refractivity contribution < 1.29 is 19.1 Å². The highest BCUT2D eigenvalue weighted by Crippen LogP contribution is 2.22. The predicted octanol–water partition coefficient (Wildman–Crippen LogP) is 5.45. The normalized spacial score (nSPS) is 12.3. The van der Waals surface area contributed by atoms with E-state index in [1.807, 2.05) is 27.7 Å². The molecule has 146 valence electrons. The van der Waals surface area contributed by atoms with Crippen LogP contribution >= 0.6 is 0 Å². The van der Waals surface area contributed by atoms with Crippen molar-refractivity contribution in [3.8, 4) is 0 Å². The van der Waals surface area contributed by atoms with Gasteiger partial charge in [-0.1, -0.05) is 60.8 Å². The molecule has 0 aromatic rings. The van der Waals surface area contributed by atoms with Gasteiger partial charge in [0.2, 0.25) is 0 Å². The van der Waals surface area contributed by atoms with Gasteiger partial charge in [0.1, 0.15) is 0 Å². The van der Waals surface area contributed by atoms with Gasteiger partial charge in [-0.15, -0.1) is 0 Å². The minimum Gasteiger partial charge on any atom is -0.462 e. The molecule has 0 bridgehead atoms. The van der Waals surface area contributed by atoms with E-state index in [1.54, 1.807) is 0 Å². The fourth-order valence-electron chi connectivity index (χ4n) is 2.32. The third kappa shape index (κ3) is 11.0. The molecule has 4 nitrogen and oxygen atoms in total.